The van der Waals surface area contributed by atoms with Crippen molar-refractivity contribution < 1.29 is 28.9 Å². The maximum Gasteiger partial charge on any atom is 0.302 e. The second-order valence-corrected chi connectivity index (χ2v) is 13.2. The number of esters is 1. The Hall–Kier alpha value is -0.980. The van der Waals surface area contributed by atoms with Crippen LogP contribution in [0.5, 0.6) is 0 Å². The first-order valence-corrected chi connectivity index (χ1v) is 14.2. The predicted molar refractivity (Wildman–Crippen MR) is 131 cm³/mol. The molecular weight excluding hydrogens is 444 g/mol. The number of hydrogen-bond acceptors (Lipinski definition) is 6. The summed E-state index contributed by atoms with van der Waals surface area (Å²) in [5.74, 6) is 1.34. The van der Waals surface area contributed by atoms with Crippen LogP contribution in [0.3, 0.4) is 0 Å². The standard InChI is InChI=1S/C29H46O6/c1-17-8-11-29(33-16-17)18(2)25-24(35-29)15-23(28(25,5)12-13-30)22-7-6-20-14-21(34-19(3)31)9-10-27(20,4)26(22)32/h17-18,20-25,30H,6-16H2,1-5H3/t17-,18+,20+,21+,22?,23?,24+,25+,27+,28+,29-/m1/s1. The SMILES string of the molecule is CC(=O)O[C@H]1CC[C@]2(C)C(=O)C(C3C[C@@H]4O[C@]5(CC[C@@H](C)CO5)[C@@H](C)[C@@H]4[C@@]3(C)CCO)CC[C@H]2C1. The van der Waals surface area contributed by atoms with Gasteiger partial charge in [0.2, 0.25) is 0 Å². The van der Waals surface area contributed by atoms with Gasteiger partial charge in [-0.25, -0.2) is 0 Å². The Bertz CT molecular complexity index is 833. The van der Waals surface area contributed by atoms with Crippen molar-refractivity contribution >= 4 is 11.8 Å². The highest BCUT2D eigenvalue weighted by atomic mass is 16.7. The minimum Gasteiger partial charge on any atom is -0.463 e. The fourth-order valence-corrected chi connectivity index (χ4v) is 9.33. The molecule has 1 N–H and O–H groups in total. The molecule has 5 aliphatic rings. The van der Waals surface area contributed by atoms with Gasteiger partial charge in [0, 0.05) is 37.2 Å². The molecule has 0 aromatic heterocycles. The van der Waals surface area contributed by atoms with Crippen molar-refractivity contribution in [2.75, 3.05) is 13.2 Å². The molecule has 2 saturated heterocycles. The zero-order valence-corrected chi connectivity index (χ0v) is 22.4. The van der Waals surface area contributed by atoms with Gasteiger partial charge in [0.05, 0.1) is 12.7 Å². The molecule has 198 valence electrons. The molecule has 3 saturated carbocycles. The Morgan fingerprint density at radius 2 is 1.89 bits per heavy atom. The molecule has 1 spiro atoms. The van der Waals surface area contributed by atoms with Gasteiger partial charge in [-0.2, -0.15) is 0 Å². The first kappa shape index (κ1) is 25.7. The van der Waals surface area contributed by atoms with Crippen LogP contribution >= 0.6 is 0 Å². The van der Waals surface area contributed by atoms with Crippen LogP contribution in [0, 0.1) is 46.3 Å². The third kappa shape index (κ3) is 4.01. The fourth-order valence-electron chi connectivity index (χ4n) is 9.33. The van der Waals surface area contributed by atoms with Crippen molar-refractivity contribution in [1.29, 1.82) is 0 Å². The Kier molecular flexibility index (Phi) is 6.67. The van der Waals surface area contributed by atoms with Gasteiger partial charge in [-0.15, -0.1) is 0 Å². The number of hydrogen-bond donors (Lipinski definition) is 1. The first-order valence-electron chi connectivity index (χ1n) is 14.2. The summed E-state index contributed by atoms with van der Waals surface area (Å²) >= 11 is 0. The van der Waals surface area contributed by atoms with Crippen molar-refractivity contribution in [2.24, 2.45) is 46.3 Å². The molecule has 6 heteroatoms. The monoisotopic (exact) mass is 490 g/mol. The van der Waals surface area contributed by atoms with Crippen LogP contribution in [0.4, 0.5) is 0 Å². The van der Waals surface area contributed by atoms with Crippen LogP contribution in [0.15, 0.2) is 0 Å². The summed E-state index contributed by atoms with van der Waals surface area (Å²) in [6.45, 7) is 11.4. The van der Waals surface area contributed by atoms with E-state index in [-0.39, 0.29) is 59.3 Å². The van der Waals surface area contributed by atoms with E-state index in [1.54, 1.807) is 0 Å². The molecule has 2 aliphatic heterocycles. The minimum absolute atomic E-state index is 0.0164. The Balaban J connectivity index is 1.36. The van der Waals surface area contributed by atoms with Crippen molar-refractivity contribution in [3.05, 3.63) is 0 Å². The van der Waals surface area contributed by atoms with E-state index in [9.17, 15) is 14.7 Å². The second kappa shape index (κ2) is 9.09. The normalized spacial score (nSPS) is 51.8. The van der Waals surface area contributed by atoms with Crippen molar-refractivity contribution in [1.82, 2.24) is 0 Å². The first-order chi connectivity index (χ1) is 16.5. The number of carbonyl (C=O) groups excluding carboxylic acids is 2. The maximum absolute atomic E-state index is 14.2. The molecule has 3 aliphatic carbocycles. The number of ketones is 1. The van der Waals surface area contributed by atoms with Gasteiger partial charge in [0.15, 0.2) is 5.79 Å². The molecule has 2 heterocycles. The number of carbonyl (C=O) groups is 2. The van der Waals surface area contributed by atoms with Crippen LogP contribution in [0.1, 0.15) is 92.4 Å². The van der Waals surface area contributed by atoms with Crippen LogP contribution in [0.25, 0.3) is 0 Å². The highest BCUT2D eigenvalue weighted by Crippen LogP contribution is 2.66. The lowest BCUT2D eigenvalue weighted by Gasteiger charge is -2.52. The summed E-state index contributed by atoms with van der Waals surface area (Å²) in [6, 6.07) is 0. The van der Waals surface area contributed by atoms with Crippen LogP contribution in [-0.4, -0.2) is 48.1 Å². The molecule has 5 fully saturated rings. The molecule has 6 nitrogen and oxygen atoms in total. The van der Waals surface area contributed by atoms with Gasteiger partial charge in [-0.1, -0.05) is 27.7 Å². The Labute approximate surface area is 210 Å². The smallest absolute Gasteiger partial charge is 0.302 e. The predicted octanol–water partition coefficient (Wildman–Crippen LogP) is 4.91. The molecule has 5 rings (SSSR count). The number of ether oxygens (including phenoxy) is 3. The van der Waals surface area contributed by atoms with E-state index in [0.717, 1.165) is 58.0 Å². The van der Waals surface area contributed by atoms with Crippen LogP contribution in [-0.2, 0) is 23.8 Å². The summed E-state index contributed by atoms with van der Waals surface area (Å²) in [5.41, 5.74) is -0.485. The molecular formula is C29H46O6. The molecule has 0 bridgehead atoms. The van der Waals surface area contributed by atoms with Crippen LogP contribution < -0.4 is 0 Å². The third-order valence-corrected chi connectivity index (χ3v) is 11.3. The van der Waals surface area contributed by atoms with Gasteiger partial charge in [0.25, 0.3) is 0 Å². The molecule has 0 aromatic rings. The Morgan fingerprint density at radius 1 is 1.11 bits per heavy atom. The van der Waals surface area contributed by atoms with Crippen molar-refractivity contribution in [3.63, 3.8) is 0 Å². The quantitative estimate of drug-likeness (QED) is 0.564. The van der Waals surface area contributed by atoms with E-state index in [1.165, 1.54) is 6.92 Å². The average molecular weight is 491 g/mol. The summed E-state index contributed by atoms with van der Waals surface area (Å²) in [6.07, 6.45) is 7.97. The zero-order valence-electron chi connectivity index (χ0n) is 22.4. The lowest BCUT2D eigenvalue weighted by molar-refractivity contribution is -0.272. The molecule has 2 unspecified atom stereocenters. The summed E-state index contributed by atoms with van der Waals surface area (Å²) in [4.78, 5) is 25.7. The van der Waals surface area contributed by atoms with Gasteiger partial charge in [-0.05, 0) is 80.5 Å². The molecule has 0 aromatic carbocycles. The number of rotatable bonds is 4. The number of fused-ring (bicyclic) bond motifs is 2. The summed E-state index contributed by atoms with van der Waals surface area (Å²) in [5, 5.41) is 10.2. The highest BCUT2D eigenvalue weighted by molar-refractivity contribution is 5.88. The fraction of sp³-hybridized carbons (Fsp3) is 0.931. The molecule has 0 radical (unpaired) electrons. The molecule has 0 amide bonds. The Morgan fingerprint density at radius 3 is 2.54 bits per heavy atom. The van der Waals surface area contributed by atoms with Crippen molar-refractivity contribution in [3.8, 4) is 0 Å². The van der Waals surface area contributed by atoms with Gasteiger partial charge in [0.1, 0.15) is 11.9 Å². The van der Waals surface area contributed by atoms with E-state index in [4.69, 9.17) is 14.2 Å². The number of Topliss-reactive ketones (excluding diaryl/α,β-unsaturated/α-hetero) is 1. The molecule has 35 heavy (non-hydrogen) atoms. The zero-order chi connectivity index (χ0) is 25.2. The number of aliphatic hydroxyl groups excluding tert-OH is 1. The second-order valence-electron chi connectivity index (χ2n) is 13.2. The largest absolute Gasteiger partial charge is 0.463 e. The topological polar surface area (TPSA) is 82.1 Å². The van der Waals surface area contributed by atoms with Crippen LogP contribution in [0.2, 0.25) is 0 Å². The van der Waals surface area contributed by atoms with Gasteiger partial charge in [-0.3, -0.25) is 9.59 Å². The van der Waals surface area contributed by atoms with E-state index in [2.05, 4.69) is 27.7 Å². The summed E-state index contributed by atoms with van der Waals surface area (Å²) in [7, 11) is 0. The summed E-state index contributed by atoms with van der Waals surface area (Å²) < 4.78 is 18.7. The van der Waals surface area contributed by atoms with Gasteiger partial charge < -0.3 is 19.3 Å². The number of aliphatic hydroxyl groups is 1. The lowest BCUT2D eigenvalue weighted by Crippen LogP contribution is -2.53. The average Bonchev–Trinajstić information content (AvgIpc) is 3.23. The molecule has 11 atom stereocenters. The van der Waals surface area contributed by atoms with Crippen molar-refractivity contribution in [2.45, 2.75) is 110 Å². The maximum atomic E-state index is 14.2. The third-order valence-electron chi connectivity index (χ3n) is 11.3. The highest BCUT2D eigenvalue weighted by Gasteiger charge is 2.67. The minimum atomic E-state index is -0.494. The van der Waals surface area contributed by atoms with Gasteiger partial charge >= 0.3 is 5.97 Å². The van der Waals surface area contributed by atoms with E-state index in [0.29, 0.717) is 24.0 Å². The van der Waals surface area contributed by atoms with E-state index < -0.39 is 5.79 Å². The lowest BCUT2D eigenvalue weighted by atomic mass is 9.52. The van der Waals surface area contributed by atoms with E-state index in [1.807, 2.05) is 0 Å². The van der Waals surface area contributed by atoms with E-state index >= 15 is 0 Å².